The minimum atomic E-state index is -0.146. The van der Waals surface area contributed by atoms with E-state index in [1.807, 2.05) is 12.1 Å². The molecule has 0 spiro atoms. The Morgan fingerprint density at radius 2 is 1.23 bits per heavy atom. The van der Waals surface area contributed by atoms with Crippen LogP contribution in [0.1, 0.15) is 25.0 Å². The molecule has 44 heavy (non-hydrogen) atoms. The Morgan fingerprint density at radius 3 is 2.05 bits per heavy atom. The van der Waals surface area contributed by atoms with E-state index in [0.29, 0.717) is 5.82 Å². The van der Waals surface area contributed by atoms with E-state index in [1.165, 1.54) is 27.8 Å². The second-order valence-electron chi connectivity index (χ2n) is 12.2. The van der Waals surface area contributed by atoms with Gasteiger partial charge in [0.25, 0.3) is 0 Å². The van der Waals surface area contributed by atoms with Gasteiger partial charge in [0.1, 0.15) is 11.2 Å². The summed E-state index contributed by atoms with van der Waals surface area (Å²) in [5.41, 5.74) is 13.1. The van der Waals surface area contributed by atoms with E-state index < -0.39 is 0 Å². The molecular formula is C41H28N2O. The van der Waals surface area contributed by atoms with Crippen molar-refractivity contribution in [2.75, 3.05) is 0 Å². The molecule has 0 saturated heterocycles. The molecule has 3 heteroatoms. The Labute approximate surface area is 255 Å². The van der Waals surface area contributed by atoms with Crippen LogP contribution in [0.2, 0.25) is 0 Å². The van der Waals surface area contributed by atoms with Crippen molar-refractivity contribution in [3.05, 3.63) is 145 Å². The number of hydrogen-bond donors (Lipinski definition) is 0. The van der Waals surface area contributed by atoms with E-state index in [2.05, 4.69) is 135 Å². The van der Waals surface area contributed by atoms with Gasteiger partial charge in [0.15, 0.2) is 5.82 Å². The van der Waals surface area contributed by atoms with Gasteiger partial charge in [-0.2, -0.15) is 0 Å². The highest BCUT2D eigenvalue weighted by molar-refractivity contribution is 6.10. The lowest BCUT2D eigenvalue weighted by Crippen LogP contribution is -2.15. The molecular weight excluding hydrogens is 536 g/mol. The summed E-state index contributed by atoms with van der Waals surface area (Å²) < 4.78 is 6.63. The lowest BCUT2D eigenvalue weighted by Gasteiger charge is -2.21. The van der Waals surface area contributed by atoms with Crippen molar-refractivity contribution < 1.29 is 4.42 Å². The molecule has 9 rings (SSSR count). The van der Waals surface area contributed by atoms with Gasteiger partial charge in [0, 0.05) is 38.3 Å². The van der Waals surface area contributed by atoms with Crippen molar-refractivity contribution >= 4 is 32.8 Å². The predicted molar refractivity (Wildman–Crippen MR) is 181 cm³/mol. The Bertz CT molecular complexity index is 2400. The van der Waals surface area contributed by atoms with Gasteiger partial charge in [-0.25, -0.2) is 9.97 Å². The smallest absolute Gasteiger partial charge is 0.160 e. The van der Waals surface area contributed by atoms with Gasteiger partial charge in [0.2, 0.25) is 0 Å². The third-order valence-electron chi connectivity index (χ3n) is 9.26. The van der Waals surface area contributed by atoms with Crippen LogP contribution in [-0.2, 0) is 5.41 Å². The second kappa shape index (κ2) is 9.23. The van der Waals surface area contributed by atoms with Crippen LogP contribution in [0.5, 0.6) is 0 Å². The van der Waals surface area contributed by atoms with Crippen molar-refractivity contribution in [2.45, 2.75) is 19.3 Å². The first-order valence-electron chi connectivity index (χ1n) is 15.1. The first kappa shape index (κ1) is 25.0. The maximum atomic E-state index is 6.63. The standard InChI is InChI=1S/C41H28N2O/c1-41(2)34-16-10-9-15-29(34)30-19-20-31-32-24-28(18-22-36(32)44-39(31)37(30)41)40-42-35-21-17-27(25-11-5-3-6-12-25)23-33(35)38(43-40)26-13-7-4-8-14-26/h3-24H,1-2H3. The maximum Gasteiger partial charge on any atom is 0.160 e. The number of hydrogen-bond acceptors (Lipinski definition) is 3. The van der Waals surface area contributed by atoms with Gasteiger partial charge in [-0.3, -0.25) is 0 Å². The van der Waals surface area contributed by atoms with Crippen molar-refractivity contribution in [3.63, 3.8) is 0 Å². The van der Waals surface area contributed by atoms with Gasteiger partial charge < -0.3 is 4.42 Å². The SMILES string of the molecule is CC1(C)c2ccccc2-c2ccc3c(oc4ccc(-c5nc(-c6ccccc6)c6cc(-c7ccccc7)ccc6n5)cc43)c21. The first-order valence-corrected chi connectivity index (χ1v) is 15.1. The Kier molecular flexibility index (Phi) is 5.24. The fourth-order valence-corrected chi connectivity index (χ4v) is 7.11. The van der Waals surface area contributed by atoms with Crippen LogP contribution >= 0.6 is 0 Å². The molecule has 0 atom stereocenters. The molecule has 0 fully saturated rings. The monoisotopic (exact) mass is 564 g/mol. The van der Waals surface area contributed by atoms with Crippen molar-refractivity contribution in [3.8, 4) is 44.9 Å². The molecule has 0 radical (unpaired) electrons. The van der Waals surface area contributed by atoms with Crippen molar-refractivity contribution in [1.29, 1.82) is 0 Å². The molecule has 6 aromatic carbocycles. The molecule has 8 aromatic rings. The van der Waals surface area contributed by atoms with Gasteiger partial charge in [-0.05, 0) is 64.2 Å². The maximum absolute atomic E-state index is 6.63. The van der Waals surface area contributed by atoms with E-state index in [-0.39, 0.29) is 5.41 Å². The minimum Gasteiger partial charge on any atom is -0.456 e. The Morgan fingerprint density at radius 1 is 0.523 bits per heavy atom. The number of aromatic nitrogens is 2. The highest BCUT2D eigenvalue weighted by atomic mass is 16.3. The zero-order valence-corrected chi connectivity index (χ0v) is 24.5. The quantitative estimate of drug-likeness (QED) is 0.214. The molecule has 208 valence electrons. The lowest BCUT2D eigenvalue weighted by molar-refractivity contribution is 0.620. The summed E-state index contributed by atoms with van der Waals surface area (Å²) in [5.74, 6) is 0.703. The normalized spacial score (nSPS) is 13.4. The summed E-state index contributed by atoms with van der Waals surface area (Å²) >= 11 is 0. The topological polar surface area (TPSA) is 38.9 Å². The first-order chi connectivity index (χ1) is 21.6. The number of rotatable bonds is 3. The fourth-order valence-electron chi connectivity index (χ4n) is 7.11. The van der Waals surface area contributed by atoms with Crippen LogP contribution in [0.15, 0.2) is 138 Å². The molecule has 0 N–H and O–H groups in total. The van der Waals surface area contributed by atoms with Gasteiger partial charge in [0.05, 0.1) is 11.2 Å². The third-order valence-corrected chi connectivity index (χ3v) is 9.26. The average molecular weight is 565 g/mol. The molecule has 0 saturated carbocycles. The largest absolute Gasteiger partial charge is 0.456 e. The summed E-state index contributed by atoms with van der Waals surface area (Å²) in [5, 5.41) is 3.24. The van der Waals surface area contributed by atoms with Crippen LogP contribution in [-0.4, -0.2) is 9.97 Å². The van der Waals surface area contributed by atoms with Gasteiger partial charge in [-0.1, -0.05) is 111 Å². The summed E-state index contributed by atoms with van der Waals surface area (Å²) in [6.07, 6.45) is 0. The van der Waals surface area contributed by atoms with Crippen LogP contribution in [0.4, 0.5) is 0 Å². The summed E-state index contributed by atoms with van der Waals surface area (Å²) in [7, 11) is 0. The zero-order valence-electron chi connectivity index (χ0n) is 24.5. The molecule has 3 nitrogen and oxygen atoms in total. The average Bonchev–Trinajstić information content (AvgIpc) is 3.56. The number of furan rings is 1. The van der Waals surface area contributed by atoms with Crippen LogP contribution in [0.25, 0.3) is 77.7 Å². The molecule has 1 aliphatic rings. The molecule has 1 aliphatic carbocycles. The Balaban J connectivity index is 1.24. The fraction of sp³-hybridized carbons (Fsp3) is 0.0732. The lowest BCUT2D eigenvalue weighted by atomic mass is 9.82. The molecule has 0 unspecified atom stereocenters. The number of nitrogens with zero attached hydrogens (tertiary/aromatic N) is 2. The highest BCUT2D eigenvalue weighted by Crippen LogP contribution is 2.52. The molecule has 2 aromatic heterocycles. The minimum absolute atomic E-state index is 0.146. The van der Waals surface area contributed by atoms with Crippen molar-refractivity contribution in [2.24, 2.45) is 0 Å². The van der Waals surface area contributed by atoms with Crippen LogP contribution in [0, 0.1) is 0 Å². The van der Waals surface area contributed by atoms with E-state index in [1.54, 1.807) is 0 Å². The second-order valence-corrected chi connectivity index (χ2v) is 12.2. The Hall–Kier alpha value is -5.54. The number of fused-ring (bicyclic) bond motifs is 8. The zero-order chi connectivity index (χ0) is 29.4. The summed E-state index contributed by atoms with van der Waals surface area (Å²) in [6.45, 7) is 4.60. The van der Waals surface area contributed by atoms with E-state index in [9.17, 15) is 0 Å². The predicted octanol–water partition coefficient (Wildman–Crippen LogP) is 10.8. The molecule has 0 aliphatic heterocycles. The van der Waals surface area contributed by atoms with Gasteiger partial charge >= 0.3 is 0 Å². The summed E-state index contributed by atoms with van der Waals surface area (Å²) in [4.78, 5) is 10.3. The molecule has 0 amide bonds. The highest BCUT2D eigenvalue weighted by Gasteiger charge is 2.38. The van der Waals surface area contributed by atoms with E-state index in [4.69, 9.17) is 14.4 Å². The van der Waals surface area contributed by atoms with E-state index >= 15 is 0 Å². The van der Waals surface area contributed by atoms with Crippen LogP contribution in [0.3, 0.4) is 0 Å². The van der Waals surface area contributed by atoms with Crippen molar-refractivity contribution in [1.82, 2.24) is 9.97 Å². The summed E-state index contributed by atoms with van der Waals surface area (Å²) in [6, 6.07) is 46.9. The third kappa shape index (κ3) is 3.62. The van der Waals surface area contributed by atoms with E-state index in [0.717, 1.165) is 55.2 Å². The van der Waals surface area contributed by atoms with Crippen LogP contribution < -0.4 is 0 Å². The molecule has 0 bridgehead atoms. The molecule has 2 heterocycles. The number of benzene rings is 6. The van der Waals surface area contributed by atoms with Gasteiger partial charge in [-0.15, -0.1) is 0 Å².